The largest absolute Gasteiger partial charge is 0.469 e. The SMILES string of the molecule is COC(=O)CCCC=CC(OC)(OC)N(C)C.COC(=O)CCCC=CC(OC)(OC)N(C)C. The van der Waals surface area contributed by atoms with Crippen molar-refractivity contribution in [1.82, 2.24) is 9.80 Å². The number of allylic oxidation sites excluding steroid dienone is 2. The van der Waals surface area contributed by atoms with Gasteiger partial charge in [-0.05, 0) is 66.0 Å². The Hall–Kier alpha value is -1.82. The summed E-state index contributed by atoms with van der Waals surface area (Å²) in [4.78, 5) is 25.4. The molecule has 10 heteroatoms. The van der Waals surface area contributed by atoms with E-state index in [1.54, 1.807) is 28.4 Å². The van der Waals surface area contributed by atoms with Crippen molar-refractivity contribution in [3.05, 3.63) is 24.3 Å². The number of esters is 2. The monoisotopic (exact) mass is 490 g/mol. The predicted molar refractivity (Wildman–Crippen MR) is 131 cm³/mol. The molecular weight excluding hydrogens is 444 g/mol. The zero-order valence-electron chi connectivity index (χ0n) is 22.7. The Kier molecular flexibility index (Phi) is 19.7. The smallest absolute Gasteiger partial charge is 0.305 e. The number of hydrogen-bond acceptors (Lipinski definition) is 10. The number of carbonyl (C=O) groups excluding carboxylic acids is 2. The van der Waals surface area contributed by atoms with Gasteiger partial charge in [-0.3, -0.25) is 19.4 Å². The Morgan fingerprint density at radius 2 is 0.912 bits per heavy atom. The number of nitrogens with zero attached hydrogens (tertiary/aromatic N) is 2. The third kappa shape index (κ3) is 13.2. The van der Waals surface area contributed by atoms with E-state index in [0.717, 1.165) is 25.7 Å². The molecule has 0 aliphatic carbocycles. The van der Waals surface area contributed by atoms with E-state index in [1.165, 1.54) is 14.2 Å². The molecule has 0 aromatic carbocycles. The number of hydrogen-bond donors (Lipinski definition) is 0. The third-order valence-corrected chi connectivity index (χ3v) is 5.03. The molecule has 0 aliphatic rings. The van der Waals surface area contributed by atoms with Crippen LogP contribution in [0.3, 0.4) is 0 Å². The number of rotatable bonds is 16. The zero-order chi connectivity index (χ0) is 26.6. The molecular formula is C24H46N2O8. The van der Waals surface area contributed by atoms with Crippen LogP contribution in [0.4, 0.5) is 0 Å². The molecule has 0 spiro atoms. The predicted octanol–water partition coefficient (Wildman–Crippen LogP) is 2.79. The minimum Gasteiger partial charge on any atom is -0.469 e. The molecule has 34 heavy (non-hydrogen) atoms. The van der Waals surface area contributed by atoms with Gasteiger partial charge in [0.1, 0.15) is 0 Å². The van der Waals surface area contributed by atoms with E-state index < -0.39 is 11.8 Å². The van der Waals surface area contributed by atoms with E-state index in [2.05, 4.69) is 9.47 Å². The van der Waals surface area contributed by atoms with Gasteiger partial charge < -0.3 is 28.4 Å². The molecule has 0 aliphatic heterocycles. The van der Waals surface area contributed by atoms with Crippen LogP contribution in [0.2, 0.25) is 0 Å². The maximum Gasteiger partial charge on any atom is 0.305 e. The average Bonchev–Trinajstić information content (AvgIpc) is 2.83. The van der Waals surface area contributed by atoms with Gasteiger partial charge in [0, 0.05) is 41.3 Å². The molecule has 0 radical (unpaired) electrons. The summed E-state index contributed by atoms with van der Waals surface area (Å²) in [5.74, 6) is -2.05. The highest BCUT2D eigenvalue weighted by molar-refractivity contribution is 5.69. The summed E-state index contributed by atoms with van der Waals surface area (Å²) in [6, 6.07) is 0. The molecule has 0 fully saturated rings. The highest BCUT2D eigenvalue weighted by Gasteiger charge is 2.29. The lowest BCUT2D eigenvalue weighted by molar-refractivity contribution is -0.248. The van der Waals surface area contributed by atoms with Crippen molar-refractivity contribution in [2.45, 2.75) is 50.3 Å². The maximum absolute atomic E-state index is 10.9. The number of carbonyl (C=O) groups is 2. The second kappa shape index (κ2) is 19.5. The van der Waals surface area contributed by atoms with Crippen molar-refractivity contribution >= 4 is 11.9 Å². The first-order valence-electron chi connectivity index (χ1n) is 11.1. The lowest BCUT2D eigenvalue weighted by Gasteiger charge is -2.33. The van der Waals surface area contributed by atoms with Crippen LogP contribution in [0.15, 0.2) is 24.3 Å². The van der Waals surface area contributed by atoms with E-state index in [9.17, 15) is 9.59 Å². The highest BCUT2D eigenvalue weighted by atomic mass is 16.7. The molecule has 0 unspecified atom stereocenters. The quantitative estimate of drug-likeness (QED) is 0.139. The Labute approximate surface area is 205 Å². The molecule has 0 saturated carbocycles. The van der Waals surface area contributed by atoms with Gasteiger partial charge in [0.2, 0.25) is 11.8 Å². The molecule has 200 valence electrons. The lowest BCUT2D eigenvalue weighted by Crippen LogP contribution is -2.45. The van der Waals surface area contributed by atoms with E-state index >= 15 is 0 Å². The summed E-state index contributed by atoms with van der Waals surface area (Å²) in [7, 11) is 16.6. The second-order valence-corrected chi connectivity index (χ2v) is 7.61. The molecule has 0 heterocycles. The first-order chi connectivity index (χ1) is 16.0. The summed E-state index contributed by atoms with van der Waals surface area (Å²) < 4.78 is 30.4. The summed E-state index contributed by atoms with van der Waals surface area (Å²) in [6.45, 7) is 0. The minimum absolute atomic E-state index is 0.184. The number of ether oxygens (including phenoxy) is 6. The van der Waals surface area contributed by atoms with Crippen molar-refractivity contribution < 1.29 is 38.0 Å². The van der Waals surface area contributed by atoms with E-state index in [1.807, 2.05) is 62.3 Å². The van der Waals surface area contributed by atoms with Crippen molar-refractivity contribution in [2.75, 3.05) is 70.8 Å². The van der Waals surface area contributed by atoms with E-state index in [-0.39, 0.29) is 11.9 Å². The molecule has 0 bridgehead atoms. The minimum atomic E-state index is -0.842. The van der Waals surface area contributed by atoms with Crippen LogP contribution in [-0.4, -0.2) is 104 Å². The maximum atomic E-state index is 10.9. The highest BCUT2D eigenvalue weighted by Crippen LogP contribution is 2.17. The summed E-state index contributed by atoms with van der Waals surface area (Å²) in [5.41, 5.74) is 0. The molecule has 10 nitrogen and oxygen atoms in total. The van der Waals surface area contributed by atoms with Crippen molar-refractivity contribution in [1.29, 1.82) is 0 Å². The van der Waals surface area contributed by atoms with Gasteiger partial charge in [0.15, 0.2) is 0 Å². The van der Waals surface area contributed by atoms with Crippen molar-refractivity contribution in [2.24, 2.45) is 0 Å². The fourth-order valence-corrected chi connectivity index (χ4v) is 2.86. The molecule has 0 atom stereocenters. The van der Waals surface area contributed by atoms with E-state index in [4.69, 9.17) is 18.9 Å². The Morgan fingerprint density at radius 3 is 1.12 bits per heavy atom. The first-order valence-corrected chi connectivity index (χ1v) is 11.1. The Balaban J connectivity index is 0. The van der Waals surface area contributed by atoms with Gasteiger partial charge in [-0.2, -0.15) is 0 Å². The normalized spacial score (nSPS) is 12.4. The fourth-order valence-electron chi connectivity index (χ4n) is 2.86. The standard InChI is InChI=1S/2C12H23NO4/c2*1-13(2)12(16-4,17-5)10-8-6-7-9-11(14)15-3/h2*8,10H,6-7,9H2,1-5H3. The molecule has 0 N–H and O–H groups in total. The molecule has 0 amide bonds. The van der Waals surface area contributed by atoms with Crippen molar-refractivity contribution in [3.63, 3.8) is 0 Å². The molecule has 0 rings (SSSR count). The van der Waals surface area contributed by atoms with Crippen LogP contribution in [-0.2, 0) is 38.0 Å². The van der Waals surface area contributed by atoms with Crippen molar-refractivity contribution in [3.8, 4) is 0 Å². The summed E-state index contributed by atoms with van der Waals surface area (Å²) in [6.07, 6.45) is 11.5. The number of likely N-dealkylation sites (N-methyl/N-ethyl adjacent to an activating group) is 2. The second-order valence-electron chi connectivity index (χ2n) is 7.61. The first kappa shape index (κ1) is 34.3. The van der Waals surface area contributed by atoms with Crippen LogP contribution in [0, 0.1) is 0 Å². The fraction of sp³-hybridized carbons (Fsp3) is 0.750. The van der Waals surface area contributed by atoms with Gasteiger partial charge in [0.25, 0.3) is 0 Å². The molecule has 0 saturated heterocycles. The van der Waals surface area contributed by atoms with Gasteiger partial charge >= 0.3 is 11.9 Å². The van der Waals surface area contributed by atoms with Crippen LogP contribution in [0.1, 0.15) is 38.5 Å². The van der Waals surface area contributed by atoms with Gasteiger partial charge in [-0.15, -0.1) is 0 Å². The Morgan fingerprint density at radius 1 is 0.618 bits per heavy atom. The number of methoxy groups -OCH3 is 6. The lowest BCUT2D eigenvalue weighted by atomic mass is 10.2. The van der Waals surface area contributed by atoms with Crippen LogP contribution in [0.25, 0.3) is 0 Å². The number of unbranched alkanes of at least 4 members (excludes halogenated alkanes) is 2. The summed E-state index contributed by atoms with van der Waals surface area (Å²) >= 11 is 0. The molecule has 0 aromatic heterocycles. The van der Waals surface area contributed by atoms with Gasteiger partial charge in [-0.1, -0.05) is 12.2 Å². The van der Waals surface area contributed by atoms with Crippen LogP contribution >= 0.6 is 0 Å². The van der Waals surface area contributed by atoms with Crippen LogP contribution in [0.5, 0.6) is 0 Å². The zero-order valence-corrected chi connectivity index (χ0v) is 22.7. The van der Waals surface area contributed by atoms with E-state index in [0.29, 0.717) is 12.8 Å². The third-order valence-electron chi connectivity index (χ3n) is 5.03. The topological polar surface area (TPSA) is 96.0 Å². The Bertz CT molecular complexity index is 546. The summed E-state index contributed by atoms with van der Waals surface area (Å²) in [5, 5.41) is 0. The van der Waals surface area contributed by atoms with Gasteiger partial charge in [-0.25, -0.2) is 0 Å². The van der Waals surface area contributed by atoms with Crippen LogP contribution < -0.4 is 0 Å². The average molecular weight is 491 g/mol. The molecule has 0 aromatic rings. The van der Waals surface area contributed by atoms with Gasteiger partial charge in [0.05, 0.1) is 14.2 Å².